The highest BCUT2D eigenvalue weighted by atomic mass is 32.1. The number of nitrogens with zero attached hydrogens (tertiary/aromatic N) is 3. The summed E-state index contributed by atoms with van der Waals surface area (Å²) in [7, 11) is 5.77. The van der Waals surface area contributed by atoms with Crippen LogP contribution in [0, 0.1) is 4.77 Å². The summed E-state index contributed by atoms with van der Waals surface area (Å²) in [5, 5.41) is 9.02. The van der Waals surface area contributed by atoms with Gasteiger partial charge in [0.25, 0.3) is 0 Å². The molecular weight excluding hydrogens is 340 g/mol. The highest BCUT2D eigenvalue weighted by molar-refractivity contribution is 7.71. The van der Waals surface area contributed by atoms with Crippen molar-refractivity contribution in [2.75, 3.05) is 14.2 Å². The van der Waals surface area contributed by atoms with Crippen molar-refractivity contribution < 1.29 is 9.64 Å². The molecule has 2 aromatic heterocycles. The van der Waals surface area contributed by atoms with Gasteiger partial charge in [-0.3, -0.25) is 0 Å². The molecule has 0 aliphatic heterocycles. The smallest absolute Gasteiger partial charge is 0.202 e. The normalized spacial score (nSPS) is 12.3. The molecule has 1 N–H and O–H groups in total. The third kappa shape index (κ3) is 3.43. The Kier molecular flexibility index (Phi) is 5.13. The van der Waals surface area contributed by atoms with Gasteiger partial charge in [-0.2, -0.15) is 16.0 Å². The predicted molar refractivity (Wildman–Crippen MR) is 98.9 cm³/mol. The number of ether oxygens (including phenoxy) is 1. The Hall–Kier alpha value is -1.96. The number of hydrogen-bond donors (Lipinski definition) is 1. The minimum atomic E-state index is 0.709. The number of thiophene rings is 1. The molecule has 126 valence electrons. The molecule has 0 bridgehead atoms. The van der Waals surface area contributed by atoms with Crippen molar-refractivity contribution in [3.05, 3.63) is 51.4 Å². The van der Waals surface area contributed by atoms with E-state index in [9.17, 15) is 0 Å². The standard InChI is InChI=1S/C17H20N4OS2/c1-19(10-13-8-9-24-11-13)12-21-17(23)20(2)16(18-21)14-6-4-5-7-15(14)22-3/h4-9,11H,10,12H2,1-3H3/p+1. The minimum absolute atomic E-state index is 0.709. The number of benzene rings is 1. The first-order valence-corrected chi connectivity index (χ1v) is 9.05. The zero-order valence-electron chi connectivity index (χ0n) is 14.0. The summed E-state index contributed by atoms with van der Waals surface area (Å²) in [5.41, 5.74) is 2.28. The topological polar surface area (TPSA) is 36.4 Å². The third-order valence-corrected chi connectivity index (χ3v) is 5.11. The lowest BCUT2D eigenvalue weighted by molar-refractivity contribution is -0.917. The summed E-state index contributed by atoms with van der Waals surface area (Å²) in [6.45, 7) is 1.67. The first kappa shape index (κ1) is 16.9. The van der Waals surface area contributed by atoms with E-state index in [1.165, 1.54) is 10.5 Å². The van der Waals surface area contributed by atoms with Crippen LogP contribution in [0.25, 0.3) is 11.4 Å². The first-order valence-electron chi connectivity index (χ1n) is 7.69. The fourth-order valence-electron chi connectivity index (χ4n) is 2.71. The molecule has 0 saturated carbocycles. The molecule has 1 atom stereocenters. The lowest BCUT2D eigenvalue weighted by Crippen LogP contribution is -3.06. The van der Waals surface area contributed by atoms with E-state index in [4.69, 9.17) is 22.1 Å². The monoisotopic (exact) mass is 361 g/mol. The van der Waals surface area contributed by atoms with E-state index >= 15 is 0 Å². The fraction of sp³-hybridized carbons (Fsp3) is 0.294. The van der Waals surface area contributed by atoms with E-state index in [1.807, 2.05) is 40.6 Å². The van der Waals surface area contributed by atoms with Crippen molar-refractivity contribution in [2.45, 2.75) is 13.2 Å². The molecule has 0 amide bonds. The fourth-order valence-corrected chi connectivity index (χ4v) is 3.57. The Morgan fingerprint density at radius 3 is 2.79 bits per heavy atom. The van der Waals surface area contributed by atoms with Crippen molar-refractivity contribution >= 4 is 23.6 Å². The van der Waals surface area contributed by atoms with Gasteiger partial charge in [0.1, 0.15) is 12.3 Å². The van der Waals surface area contributed by atoms with E-state index in [-0.39, 0.29) is 0 Å². The molecule has 0 fully saturated rings. The maximum Gasteiger partial charge on any atom is 0.202 e. The van der Waals surface area contributed by atoms with Gasteiger partial charge in [-0.15, -0.1) is 5.10 Å². The molecule has 0 saturated heterocycles. The van der Waals surface area contributed by atoms with Gasteiger partial charge in [0.05, 0.1) is 19.7 Å². The van der Waals surface area contributed by atoms with E-state index in [0.717, 1.165) is 30.4 Å². The lowest BCUT2D eigenvalue weighted by Gasteiger charge is -2.12. The van der Waals surface area contributed by atoms with Gasteiger partial charge in [0.15, 0.2) is 12.5 Å². The van der Waals surface area contributed by atoms with Gasteiger partial charge in [0, 0.05) is 12.6 Å². The van der Waals surface area contributed by atoms with E-state index in [2.05, 4.69) is 23.9 Å². The first-order chi connectivity index (χ1) is 11.6. The molecule has 0 aliphatic rings. The summed E-state index contributed by atoms with van der Waals surface area (Å²) < 4.78 is 9.99. The van der Waals surface area contributed by atoms with E-state index < -0.39 is 0 Å². The van der Waals surface area contributed by atoms with Crippen LogP contribution in [0.1, 0.15) is 5.56 Å². The highest BCUT2D eigenvalue weighted by Crippen LogP contribution is 2.27. The Morgan fingerprint density at radius 1 is 1.29 bits per heavy atom. The van der Waals surface area contributed by atoms with Crippen molar-refractivity contribution in [3.63, 3.8) is 0 Å². The van der Waals surface area contributed by atoms with Gasteiger partial charge < -0.3 is 14.2 Å². The summed E-state index contributed by atoms with van der Waals surface area (Å²) in [6, 6.07) is 10.0. The van der Waals surface area contributed by atoms with Gasteiger partial charge in [-0.1, -0.05) is 12.1 Å². The Balaban J connectivity index is 1.87. The number of rotatable bonds is 6. The van der Waals surface area contributed by atoms with Crippen molar-refractivity contribution in [1.82, 2.24) is 14.3 Å². The highest BCUT2D eigenvalue weighted by Gasteiger charge is 2.16. The lowest BCUT2D eigenvalue weighted by atomic mass is 10.2. The number of aromatic nitrogens is 3. The van der Waals surface area contributed by atoms with E-state index in [1.54, 1.807) is 18.4 Å². The molecule has 7 heteroatoms. The quantitative estimate of drug-likeness (QED) is 0.685. The molecule has 24 heavy (non-hydrogen) atoms. The summed E-state index contributed by atoms with van der Waals surface area (Å²) >= 11 is 7.30. The van der Waals surface area contributed by atoms with Crippen LogP contribution in [0.5, 0.6) is 5.75 Å². The van der Waals surface area contributed by atoms with Crippen molar-refractivity contribution in [1.29, 1.82) is 0 Å². The third-order valence-electron chi connectivity index (χ3n) is 3.89. The Bertz CT molecular complexity index is 867. The second kappa shape index (κ2) is 7.29. The molecule has 5 nitrogen and oxygen atoms in total. The van der Waals surface area contributed by atoms with Crippen LogP contribution in [0.15, 0.2) is 41.1 Å². The molecule has 0 spiro atoms. The predicted octanol–water partition coefficient (Wildman–Crippen LogP) is 2.36. The molecule has 3 aromatic rings. The average Bonchev–Trinajstić information content (AvgIpc) is 3.18. The Morgan fingerprint density at radius 2 is 2.08 bits per heavy atom. The minimum Gasteiger partial charge on any atom is -0.496 e. The maximum atomic E-state index is 5.57. The second-order valence-electron chi connectivity index (χ2n) is 5.79. The van der Waals surface area contributed by atoms with Crippen LogP contribution in [0.3, 0.4) is 0 Å². The number of para-hydroxylation sites is 1. The van der Waals surface area contributed by atoms with Gasteiger partial charge in [-0.05, 0) is 41.2 Å². The maximum absolute atomic E-state index is 5.57. The number of quaternary nitrogens is 1. The summed E-state index contributed by atoms with van der Waals surface area (Å²) in [6.07, 6.45) is 0. The number of nitrogens with one attached hydrogen (secondary N) is 1. The average molecular weight is 362 g/mol. The van der Waals surface area contributed by atoms with Crippen molar-refractivity contribution in [3.8, 4) is 17.1 Å². The number of hydrogen-bond acceptors (Lipinski definition) is 4. The zero-order valence-corrected chi connectivity index (χ0v) is 15.7. The van der Waals surface area contributed by atoms with Gasteiger partial charge in [0.2, 0.25) is 4.77 Å². The molecule has 3 rings (SSSR count). The van der Waals surface area contributed by atoms with Gasteiger partial charge >= 0.3 is 0 Å². The van der Waals surface area contributed by atoms with Crippen LogP contribution in [0.2, 0.25) is 0 Å². The largest absolute Gasteiger partial charge is 0.496 e. The second-order valence-corrected chi connectivity index (χ2v) is 6.93. The molecule has 0 radical (unpaired) electrons. The number of methoxy groups -OCH3 is 1. The molecule has 0 aliphatic carbocycles. The SMILES string of the molecule is COc1ccccc1-c1nn(C[NH+](C)Cc2ccsc2)c(=S)n1C. The summed E-state index contributed by atoms with van der Waals surface area (Å²) in [4.78, 5) is 1.33. The molecular formula is C17H21N4OS2+. The Labute approximate surface area is 150 Å². The van der Waals surface area contributed by atoms with Crippen LogP contribution in [-0.4, -0.2) is 28.5 Å². The molecule has 1 unspecified atom stereocenters. The van der Waals surface area contributed by atoms with E-state index in [0.29, 0.717) is 4.77 Å². The van der Waals surface area contributed by atoms with Crippen molar-refractivity contribution in [2.24, 2.45) is 7.05 Å². The molecule has 2 heterocycles. The molecule has 1 aromatic carbocycles. The summed E-state index contributed by atoms with van der Waals surface area (Å²) in [5.74, 6) is 1.62. The van der Waals surface area contributed by atoms with Crippen LogP contribution < -0.4 is 9.64 Å². The van der Waals surface area contributed by atoms with Crippen LogP contribution >= 0.6 is 23.6 Å². The van der Waals surface area contributed by atoms with Gasteiger partial charge in [-0.25, -0.2) is 0 Å². The van der Waals surface area contributed by atoms with Crippen LogP contribution in [-0.2, 0) is 20.3 Å². The zero-order chi connectivity index (χ0) is 17.1. The van der Waals surface area contributed by atoms with Crippen LogP contribution in [0.4, 0.5) is 0 Å².